The van der Waals surface area contributed by atoms with Crippen LogP contribution >= 0.6 is 0 Å². The van der Waals surface area contributed by atoms with Gasteiger partial charge >= 0.3 is 21.7 Å². The van der Waals surface area contributed by atoms with Crippen molar-refractivity contribution in [1.82, 2.24) is 0 Å². The van der Waals surface area contributed by atoms with Crippen LogP contribution in [-0.4, -0.2) is 15.4 Å². The van der Waals surface area contributed by atoms with Gasteiger partial charge in [-0.1, -0.05) is 46.7 Å². The average Bonchev–Trinajstić information content (AvgIpc) is 2.48. The maximum Gasteiger partial charge on any atom is 4.00 e. The molecule has 1 N–H and O–H groups in total. The van der Waals surface area contributed by atoms with E-state index in [-0.39, 0.29) is 46.5 Å². The molecule has 0 bridgehead atoms. The van der Waals surface area contributed by atoms with Crippen molar-refractivity contribution < 1.29 is 51.3 Å². The van der Waals surface area contributed by atoms with Crippen molar-refractivity contribution >= 4 is 15.4 Å². The Kier molecular flexibility index (Phi) is 31.5. The third-order valence-corrected chi connectivity index (χ3v) is 2.56. The molecule has 0 aromatic heterocycles. The molecule has 1 aliphatic rings. The van der Waals surface area contributed by atoms with Crippen LogP contribution in [0, 0.1) is 12.0 Å². The van der Waals surface area contributed by atoms with Gasteiger partial charge in [0, 0.05) is 15.4 Å². The van der Waals surface area contributed by atoms with E-state index in [1.54, 1.807) is 6.92 Å². The van der Waals surface area contributed by atoms with E-state index in [1.165, 1.54) is 16.7 Å². The predicted molar refractivity (Wildman–Crippen MR) is 78.5 cm³/mol. The van der Waals surface area contributed by atoms with Gasteiger partial charge in [-0.3, -0.25) is 6.08 Å². The fourth-order valence-electron chi connectivity index (χ4n) is 1.16. The molecule has 6 heteroatoms. The molecule has 0 spiro atoms. The molecule has 1 aliphatic carbocycles. The van der Waals surface area contributed by atoms with Crippen LogP contribution in [0.5, 0.6) is 0 Å². The first-order valence-corrected chi connectivity index (χ1v) is 8.38. The first-order valence-electron chi connectivity index (χ1n) is 6.07. The molecular formula is C14H26Cl2NOSiTi. The topological polar surface area (TPSA) is 40.9 Å². The number of rotatable bonds is 1. The van der Waals surface area contributed by atoms with Crippen LogP contribution in [0.3, 0.4) is 0 Å². The summed E-state index contributed by atoms with van der Waals surface area (Å²) in [6.45, 7) is 14.7. The fraction of sp³-hybridized carbons (Fsp3) is 0.643. The Labute approximate surface area is 154 Å². The molecule has 0 saturated carbocycles. The van der Waals surface area contributed by atoms with Gasteiger partial charge in [0.1, 0.15) is 0 Å². The summed E-state index contributed by atoms with van der Waals surface area (Å²) in [7, 11) is 0.750. The minimum atomic E-state index is -0.495. The minimum Gasteiger partial charge on any atom is -1.00 e. The van der Waals surface area contributed by atoms with E-state index >= 15 is 0 Å². The molecular weight excluding hydrogens is 345 g/mol. The van der Waals surface area contributed by atoms with Gasteiger partial charge in [-0.15, -0.1) is 6.92 Å². The second-order valence-electron chi connectivity index (χ2n) is 4.15. The molecule has 0 aromatic carbocycles. The van der Waals surface area contributed by atoms with Crippen molar-refractivity contribution in [3.05, 3.63) is 28.5 Å². The molecule has 0 aromatic rings. The first kappa shape index (κ1) is 32.4. The molecule has 115 valence electrons. The summed E-state index contributed by atoms with van der Waals surface area (Å²) in [6, 6.07) is 0. The summed E-state index contributed by atoms with van der Waals surface area (Å²) in [5, 5.41) is 0. The normalized spacial score (nSPS) is 14.9. The van der Waals surface area contributed by atoms with Gasteiger partial charge in [0.05, 0.1) is 0 Å². The second kappa shape index (κ2) is 19.5. The Hall–Kier alpha value is 0.461. The fourth-order valence-corrected chi connectivity index (χ4v) is 1.16. The number of allylic oxidation sites excluding steroid dienone is 4. The molecule has 20 heavy (non-hydrogen) atoms. The Bertz CT molecular complexity index is 308. The number of nitrogens with one attached hydrogen (secondary N) is 1. The summed E-state index contributed by atoms with van der Waals surface area (Å²) < 4.78 is 0. The van der Waals surface area contributed by atoms with E-state index in [2.05, 4.69) is 46.9 Å². The van der Waals surface area contributed by atoms with Crippen LogP contribution in [0.4, 0.5) is 0 Å². The zero-order chi connectivity index (χ0) is 14.0. The van der Waals surface area contributed by atoms with E-state index in [1.807, 2.05) is 0 Å². The summed E-state index contributed by atoms with van der Waals surface area (Å²) >= 11 is 0. The first-order chi connectivity index (χ1) is 7.81. The van der Waals surface area contributed by atoms with Crippen LogP contribution in [0.15, 0.2) is 16.7 Å². The van der Waals surface area contributed by atoms with Crippen molar-refractivity contribution in [3.63, 3.8) is 0 Å². The average molecular weight is 371 g/mol. The van der Waals surface area contributed by atoms with Crippen molar-refractivity contribution in [2.24, 2.45) is 5.92 Å². The molecule has 0 fully saturated rings. The van der Waals surface area contributed by atoms with E-state index in [0.29, 0.717) is 12.3 Å². The maximum absolute atomic E-state index is 9.48. The summed E-state index contributed by atoms with van der Waals surface area (Å²) in [4.78, 5) is 9.48. The van der Waals surface area contributed by atoms with Gasteiger partial charge in [-0.25, -0.2) is 5.57 Å². The number of carbonyl (C=O) groups excluding carboxylic acids is 1. The molecule has 0 heterocycles. The van der Waals surface area contributed by atoms with Crippen LogP contribution < -0.4 is 24.8 Å². The Morgan fingerprint density at radius 1 is 1.25 bits per heavy atom. The maximum atomic E-state index is 9.48. The summed E-state index contributed by atoms with van der Waals surface area (Å²) in [5.74, 6) is 0.0648. The number of hydrogen-bond acceptors (Lipinski definition) is 1. The number of hydrogen-bond donors (Lipinski definition) is 0. The Balaban J connectivity index is -0.0000000601. The molecule has 1 atom stereocenters. The van der Waals surface area contributed by atoms with E-state index in [4.69, 9.17) is 5.73 Å². The molecule has 1 unspecified atom stereocenters. The number of carbonyl (C=O) groups is 1. The predicted octanol–water partition coefficient (Wildman–Crippen LogP) is -1.78. The van der Waals surface area contributed by atoms with Gasteiger partial charge in [-0.05, 0) is 6.42 Å². The zero-order valence-corrected chi connectivity index (χ0v) is 17.8. The largest absolute Gasteiger partial charge is 4.00 e. The Morgan fingerprint density at radius 3 is 1.60 bits per heavy atom. The van der Waals surface area contributed by atoms with Crippen molar-refractivity contribution in [2.45, 2.75) is 54.1 Å². The quantitative estimate of drug-likeness (QED) is 0.397. The van der Waals surface area contributed by atoms with E-state index < -0.39 is 5.91 Å². The summed E-state index contributed by atoms with van der Waals surface area (Å²) in [5.41, 5.74) is 10.4. The number of halogens is 2. The SMILES string of the molecule is CC1=[C-]C(C)C(C)=C1C.CCC([NH-])=O.C[SiH]C.[Cl-].[Cl-].[Ti+4]. The Morgan fingerprint density at radius 2 is 1.55 bits per heavy atom. The van der Waals surface area contributed by atoms with Crippen LogP contribution in [0.25, 0.3) is 5.73 Å². The van der Waals surface area contributed by atoms with Crippen molar-refractivity contribution in [3.8, 4) is 0 Å². The van der Waals surface area contributed by atoms with Gasteiger partial charge in [0.2, 0.25) is 0 Å². The van der Waals surface area contributed by atoms with Gasteiger partial charge in [-0.2, -0.15) is 11.1 Å². The van der Waals surface area contributed by atoms with Crippen molar-refractivity contribution in [1.29, 1.82) is 0 Å². The van der Waals surface area contributed by atoms with Gasteiger partial charge in [0.25, 0.3) is 0 Å². The standard InChI is InChI=1S/C9H13.C3H7NO.C2H7Si.2ClH.Ti/c1-6-5-7(2)9(4)8(6)3;1-2-3(4)5;1-3-2;;;/h6H,1-4H3;2H2,1H3,(H2,4,5);3H,1-2H3;2*1H;/q-1;;;;;+4/p-3. The van der Waals surface area contributed by atoms with Gasteiger partial charge < -0.3 is 35.3 Å². The molecule has 1 amide bonds. The summed E-state index contributed by atoms with van der Waals surface area (Å²) in [6.07, 6.45) is 3.69. The molecule has 2 nitrogen and oxygen atoms in total. The molecule has 0 aliphatic heterocycles. The second-order valence-corrected chi connectivity index (χ2v) is 5.31. The zero-order valence-electron chi connectivity index (χ0n) is 13.5. The monoisotopic (exact) mass is 370 g/mol. The minimum absolute atomic E-state index is 0. The van der Waals surface area contributed by atoms with E-state index in [0.717, 1.165) is 9.52 Å². The number of amides is 1. The van der Waals surface area contributed by atoms with Crippen molar-refractivity contribution in [2.75, 3.05) is 0 Å². The van der Waals surface area contributed by atoms with Crippen LogP contribution in [0.1, 0.15) is 41.0 Å². The van der Waals surface area contributed by atoms with E-state index in [9.17, 15) is 4.79 Å². The smallest absolute Gasteiger partial charge is 1.00 e. The molecule has 1 rings (SSSR count). The van der Waals surface area contributed by atoms with Crippen LogP contribution in [0.2, 0.25) is 13.1 Å². The molecule has 0 saturated heterocycles. The van der Waals surface area contributed by atoms with Crippen LogP contribution in [-0.2, 0) is 26.5 Å². The van der Waals surface area contributed by atoms with Gasteiger partial charge in [0.15, 0.2) is 0 Å². The third kappa shape index (κ3) is 16.5. The third-order valence-electron chi connectivity index (χ3n) is 2.56. The molecule has 1 radical (unpaired) electrons.